The number of aromatic hydroxyl groups is 1. The van der Waals surface area contributed by atoms with Crippen LogP contribution in [0.1, 0.15) is 64.2 Å². The van der Waals surface area contributed by atoms with E-state index in [1.165, 1.54) is 6.08 Å². The van der Waals surface area contributed by atoms with Crippen LogP contribution >= 0.6 is 0 Å². The molecule has 37 heavy (non-hydrogen) atoms. The topological polar surface area (TPSA) is 71.3 Å². The number of aryl methyl sites for hydroxylation is 1. The molecule has 8 heteroatoms. The molecular formula is C29H44BFN4O2. The molecule has 0 saturated carbocycles. The highest BCUT2D eigenvalue weighted by atomic mass is 19.1. The Labute approximate surface area is 224 Å². The van der Waals surface area contributed by atoms with Gasteiger partial charge in [0.15, 0.2) is 7.98 Å². The summed E-state index contributed by atoms with van der Waals surface area (Å²) in [5.74, 6) is 0.189. The highest BCUT2D eigenvalue weighted by Gasteiger charge is 2.19. The number of hydrogen-bond donors (Lipinski definition) is 3. The van der Waals surface area contributed by atoms with Crippen LogP contribution in [-0.4, -0.2) is 73.4 Å². The van der Waals surface area contributed by atoms with Crippen molar-refractivity contribution < 1.29 is 14.6 Å². The average molecular weight is 511 g/mol. The lowest BCUT2D eigenvalue weighted by Gasteiger charge is -2.38. The van der Waals surface area contributed by atoms with Crippen molar-refractivity contribution >= 4 is 26.2 Å². The lowest BCUT2D eigenvalue weighted by atomic mass is 10.0. The van der Waals surface area contributed by atoms with Gasteiger partial charge in [0.1, 0.15) is 17.3 Å². The smallest absolute Gasteiger partial charge is 0.182 e. The molecule has 0 unspecified atom stereocenters. The fraction of sp³-hybridized carbons (Fsp3) is 0.483. The fourth-order valence-electron chi connectivity index (χ4n) is 3.83. The Kier molecular flexibility index (Phi) is 14.0. The van der Waals surface area contributed by atoms with Crippen molar-refractivity contribution in [1.29, 1.82) is 0 Å². The van der Waals surface area contributed by atoms with Gasteiger partial charge in [-0.2, -0.15) is 0 Å². The Morgan fingerprint density at radius 2 is 1.95 bits per heavy atom. The van der Waals surface area contributed by atoms with Crippen molar-refractivity contribution in [2.75, 3.05) is 32.7 Å². The SMILES string of the molecule is C=C(NCC)c1cc(/C(O)=C/CC)c(C)cc1O.[B]N1CCN(CC/C(=C/C(F)=C(C)C)N=C)C[C@H]1C. The van der Waals surface area contributed by atoms with Gasteiger partial charge in [0.25, 0.3) is 0 Å². The van der Waals surface area contributed by atoms with E-state index in [4.69, 9.17) is 7.98 Å². The Morgan fingerprint density at radius 1 is 1.27 bits per heavy atom. The zero-order valence-electron chi connectivity index (χ0n) is 23.4. The number of phenolic OH excluding ortho intramolecular Hbond substituents is 1. The second-order valence-corrected chi connectivity index (χ2v) is 9.47. The van der Waals surface area contributed by atoms with Gasteiger partial charge in [0, 0.05) is 61.2 Å². The summed E-state index contributed by atoms with van der Waals surface area (Å²) in [6.07, 6.45) is 4.70. The first-order valence-electron chi connectivity index (χ1n) is 12.8. The first kappa shape index (κ1) is 32.2. The molecule has 1 aliphatic rings. The van der Waals surface area contributed by atoms with Gasteiger partial charge in [-0.1, -0.05) is 13.5 Å². The van der Waals surface area contributed by atoms with Crippen molar-refractivity contribution in [3.05, 3.63) is 64.7 Å². The number of nitrogens with one attached hydrogen (secondary N) is 1. The molecule has 1 fully saturated rings. The highest BCUT2D eigenvalue weighted by molar-refractivity contribution is 6.04. The van der Waals surface area contributed by atoms with Crippen LogP contribution in [0.25, 0.3) is 11.5 Å². The number of phenols is 1. The van der Waals surface area contributed by atoms with Crippen LogP contribution in [0.2, 0.25) is 0 Å². The predicted molar refractivity (Wildman–Crippen MR) is 157 cm³/mol. The first-order chi connectivity index (χ1) is 17.4. The lowest BCUT2D eigenvalue weighted by molar-refractivity contribution is 0.148. The van der Waals surface area contributed by atoms with Gasteiger partial charge in [-0.05, 0) is 89.7 Å². The van der Waals surface area contributed by atoms with Gasteiger partial charge in [-0.3, -0.25) is 4.99 Å². The number of rotatable bonds is 10. The average Bonchev–Trinajstić information content (AvgIpc) is 2.84. The number of hydrogen-bond acceptors (Lipinski definition) is 6. The Bertz CT molecular complexity index is 1020. The number of piperazine rings is 1. The molecule has 6 nitrogen and oxygen atoms in total. The lowest BCUT2D eigenvalue weighted by Crippen LogP contribution is -2.50. The molecule has 0 aliphatic carbocycles. The van der Waals surface area contributed by atoms with Crippen molar-refractivity contribution in [2.45, 2.75) is 60.4 Å². The second kappa shape index (κ2) is 16.1. The van der Waals surface area contributed by atoms with E-state index in [-0.39, 0.29) is 17.3 Å². The van der Waals surface area contributed by atoms with E-state index in [2.05, 4.69) is 35.4 Å². The van der Waals surface area contributed by atoms with Crippen LogP contribution < -0.4 is 5.32 Å². The molecule has 0 aromatic heterocycles. The summed E-state index contributed by atoms with van der Waals surface area (Å²) in [5, 5.41) is 22.9. The molecule has 0 bridgehead atoms. The summed E-state index contributed by atoms with van der Waals surface area (Å²) >= 11 is 0. The molecule has 1 aromatic carbocycles. The summed E-state index contributed by atoms with van der Waals surface area (Å²) in [6, 6.07) is 3.76. The normalized spacial score (nSPS) is 17.0. The zero-order valence-corrected chi connectivity index (χ0v) is 23.4. The summed E-state index contributed by atoms with van der Waals surface area (Å²) in [5.41, 5.74) is 4.19. The van der Waals surface area contributed by atoms with Gasteiger partial charge in [0.05, 0.1) is 0 Å². The second-order valence-electron chi connectivity index (χ2n) is 9.47. The summed E-state index contributed by atoms with van der Waals surface area (Å²) < 4.78 is 13.5. The standard InChI is InChI=1S/C15H21NO2.C14H23BFN3/c1-5-7-14(17)12-9-13(11(4)16-6-2)15(18)8-10(12)3;1-11(2)14(16)9-13(17-4)5-6-18-7-8-19(15)12(3)10-18/h7-9,16-18H,4-6H2,1-3H3;9,12H,4-8,10H2,1-3H3/b14-7-;13-9-/t;12-/m.1/s1. The molecule has 1 atom stereocenters. The predicted octanol–water partition coefficient (Wildman–Crippen LogP) is 5.90. The van der Waals surface area contributed by atoms with Crippen molar-refractivity contribution in [2.24, 2.45) is 4.99 Å². The Morgan fingerprint density at radius 3 is 2.49 bits per heavy atom. The highest BCUT2D eigenvalue weighted by Crippen LogP contribution is 2.29. The van der Waals surface area contributed by atoms with Crippen LogP contribution in [0, 0.1) is 6.92 Å². The molecule has 3 N–H and O–H groups in total. The van der Waals surface area contributed by atoms with Gasteiger partial charge >= 0.3 is 0 Å². The van der Waals surface area contributed by atoms with Crippen molar-refractivity contribution in [1.82, 2.24) is 15.0 Å². The largest absolute Gasteiger partial charge is 0.508 e. The molecule has 2 rings (SSSR count). The molecule has 0 spiro atoms. The molecule has 1 heterocycles. The maximum Gasteiger partial charge on any atom is 0.182 e. The minimum atomic E-state index is -0.220. The number of benzene rings is 1. The molecule has 0 amide bonds. The van der Waals surface area contributed by atoms with Crippen LogP contribution in [0.5, 0.6) is 5.75 Å². The van der Waals surface area contributed by atoms with Crippen LogP contribution in [-0.2, 0) is 0 Å². The monoisotopic (exact) mass is 510 g/mol. The number of aliphatic hydroxyl groups excluding tert-OH is 1. The van der Waals surface area contributed by atoms with E-state index in [9.17, 15) is 14.6 Å². The summed E-state index contributed by atoms with van der Waals surface area (Å²) in [6.45, 7) is 23.1. The third-order valence-electron chi connectivity index (χ3n) is 6.15. The van der Waals surface area contributed by atoms with Crippen LogP contribution in [0.4, 0.5) is 4.39 Å². The van der Waals surface area contributed by atoms with E-state index >= 15 is 0 Å². The number of halogens is 1. The van der Waals surface area contributed by atoms with Crippen molar-refractivity contribution in [3.63, 3.8) is 0 Å². The molecule has 1 aliphatic heterocycles. The van der Waals surface area contributed by atoms with Crippen molar-refractivity contribution in [3.8, 4) is 5.75 Å². The fourth-order valence-corrected chi connectivity index (χ4v) is 3.83. The zero-order chi connectivity index (χ0) is 28.1. The third-order valence-corrected chi connectivity index (χ3v) is 6.15. The maximum absolute atomic E-state index is 13.5. The summed E-state index contributed by atoms with van der Waals surface area (Å²) in [7, 11) is 5.83. The van der Waals surface area contributed by atoms with E-state index < -0.39 is 0 Å². The maximum atomic E-state index is 13.5. The Balaban J connectivity index is 0.000000371. The van der Waals surface area contributed by atoms with E-state index in [0.29, 0.717) is 35.0 Å². The first-order valence-corrected chi connectivity index (χ1v) is 12.8. The number of aliphatic imine (C=N–C) groups is 1. The van der Waals surface area contributed by atoms with Gasteiger partial charge in [-0.25, -0.2) is 4.39 Å². The van der Waals surface area contributed by atoms with Gasteiger partial charge in [0.2, 0.25) is 0 Å². The minimum Gasteiger partial charge on any atom is -0.508 e. The molecular weight excluding hydrogens is 466 g/mol. The minimum absolute atomic E-state index is 0.173. The quantitative estimate of drug-likeness (QED) is 0.158. The number of allylic oxidation sites excluding steroid dienone is 4. The number of nitrogens with zero attached hydrogens (tertiary/aromatic N) is 3. The Hall–Kier alpha value is -2.84. The third kappa shape index (κ3) is 10.6. The van der Waals surface area contributed by atoms with Gasteiger partial charge < -0.3 is 25.2 Å². The molecule has 1 saturated heterocycles. The number of aliphatic hydroxyl groups is 1. The van der Waals surface area contributed by atoms with Gasteiger partial charge in [-0.15, -0.1) is 0 Å². The van der Waals surface area contributed by atoms with Crippen LogP contribution in [0.3, 0.4) is 0 Å². The van der Waals surface area contributed by atoms with E-state index in [1.807, 2.05) is 25.6 Å². The summed E-state index contributed by atoms with van der Waals surface area (Å²) in [4.78, 5) is 8.09. The molecule has 1 aromatic rings. The molecule has 202 valence electrons. The molecule has 2 radical (unpaired) electrons. The van der Waals surface area contributed by atoms with E-state index in [0.717, 1.165) is 50.3 Å². The van der Waals surface area contributed by atoms with Crippen LogP contribution in [0.15, 0.2) is 53.0 Å². The van der Waals surface area contributed by atoms with E-state index in [1.54, 1.807) is 32.1 Å².